The van der Waals surface area contributed by atoms with Gasteiger partial charge in [0.15, 0.2) is 0 Å². The Morgan fingerprint density at radius 1 is 1.03 bits per heavy atom. The number of pyridine rings is 1. The van der Waals surface area contributed by atoms with E-state index in [-0.39, 0.29) is 12.1 Å². The third kappa shape index (κ3) is 8.86. The molecular weight excluding hydrogens is 508 g/mol. The first-order chi connectivity index (χ1) is 18.4. The zero-order chi connectivity index (χ0) is 27.3. The average Bonchev–Trinajstić information content (AvgIpc) is 2.90. The summed E-state index contributed by atoms with van der Waals surface area (Å²) < 4.78 is 0. The summed E-state index contributed by atoms with van der Waals surface area (Å²) >= 11 is 6.19. The third-order valence-electron chi connectivity index (χ3n) is 5.07. The molecule has 5 N–H and O–H groups in total. The number of benzene rings is 1. The lowest BCUT2D eigenvalue weighted by molar-refractivity contribution is -0.121. The van der Waals surface area contributed by atoms with E-state index in [1.165, 1.54) is 12.3 Å². The minimum absolute atomic E-state index is 0.244. The molecule has 3 rings (SSSR count). The minimum Gasteiger partial charge on any atom is -0.369 e. The number of carbonyl (C=O) groups is 3. The summed E-state index contributed by atoms with van der Waals surface area (Å²) in [5.41, 5.74) is 2.08. The van der Waals surface area contributed by atoms with Gasteiger partial charge in [-0.3, -0.25) is 19.4 Å². The molecule has 0 atom stereocenters. The van der Waals surface area contributed by atoms with E-state index in [0.717, 1.165) is 24.5 Å². The zero-order valence-electron chi connectivity index (χ0n) is 20.9. The molecule has 1 aromatic carbocycles. The maximum atomic E-state index is 13.1. The van der Waals surface area contributed by atoms with E-state index in [1.807, 2.05) is 19.1 Å². The van der Waals surface area contributed by atoms with Gasteiger partial charge in [-0.05, 0) is 54.8 Å². The Morgan fingerprint density at radius 2 is 1.76 bits per heavy atom. The largest absolute Gasteiger partial charge is 0.369 e. The number of carbonyl (C=O) groups excluding carboxylic acids is 3. The molecule has 12 heteroatoms. The Balaban J connectivity index is 1.68. The normalized spacial score (nSPS) is 10.3. The Hall–Kier alpha value is -4.51. The van der Waals surface area contributed by atoms with Gasteiger partial charge in [0, 0.05) is 48.1 Å². The summed E-state index contributed by atoms with van der Waals surface area (Å²) in [5, 5.41) is 14.4. The standard InChI is InChI=1S/C26H29ClN8O3/c1-3-8-29-24-21(15-32-26(35-24)30-11-7-17-5-9-28-10-6-17)25(38)34-20-13-18(27)12-19(14-20)33-23(37)16-31-22(36)4-2/h4-6,9-10,12-15H,2-3,7-8,11,16H2,1H3,(H,31,36)(H,33,37)(H,34,38)(H2,29,30,32,35). The van der Waals surface area contributed by atoms with Crippen LogP contribution in [-0.4, -0.2) is 52.3 Å². The topological polar surface area (TPSA) is 150 Å². The number of hydrogen-bond donors (Lipinski definition) is 5. The molecule has 0 unspecified atom stereocenters. The molecule has 0 fully saturated rings. The lowest BCUT2D eigenvalue weighted by Crippen LogP contribution is -2.31. The SMILES string of the molecule is C=CC(=O)NCC(=O)Nc1cc(Cl)cc(NC(=O)c2cnc(NCCc3ccncc3)nc2NCCC)c1. The highest BCUT2D eigenvalue weighted by atomic mass is 35.5. The van der Waals surface area contributed by atoms with Gasteiger partial charge in [-0.2, -0.15) is 4.98 Å². The van der Waals surface area contributed by atoms with E-state index in [9.17, 15) is 14.4 Å². The maximum Gasteiger partial charge on any atom is 0.260 e. The second kappa shape index (κ2) is 14.3. The van der Waals surface area contributed by atoms with Crippen molar-refractivity contribution < 1.29 is 14.4 Å². The van der Waals surface area contributed by atoms with Crippen LogP contribution in [0, 0.1) is 0 Å². The number of aromatic nitrogens is 3. The molecule has 11 nitrogen and oxygen atoms in total. The summed E-state index contributed by atoms with van der Waals surface area (Å²) in [6.07, 6.45) is 7.60. The molecule has 198 valence electrons. The van der Waals surface area contributed by atoms with Crippen molar-refractivity contribution in [2.45, 2.75) is 19.8 Å². The van der Waals surface area contributed by atoms with E-state index in [0.29, 0.717) is 41.3 Å². The van der Waals surface area contributed by atoms with E-state index >= 15 is 0 Å². The molecule has 0 aliphatic rings. The van der Waals surface area contributed by atoms with E-state index in [2.05, 4.69) is 48.1 Å². The second-order valence-electron chi connectivity index (χ2n) is 8.07. The van der Waals surface area contributed by atoms with Crippen molar-refractivity contribution in [2.75, 3.05) is 40.9 Å². The second-order valence-corrected chi connectivity index (χ2v) is 8.50. The van der Waals surface area contributed by atoms with Crippen molar-refractivity contribution in [1.29, 1.82) is 0 Å². The number of nitrogens with one attached hydrogen (secondary N) is 5. The van der Waals surface area contributed by atoms with Crippen LogP contribution in [0.5, 0.6) is 0 Å². The average molecular weight is 537 g/mol. The van der Waals surface area contributed by atoms with Crippen LogP contribution in [0.25, 0.3) is 0 Å². The monoisotopic (exact) mass is 536 g/mol. The first-order valence-corrected chi connectivity index (χ1v) is 12.3. The summed E-state index contributed by atoms with van der Waals surface area (Å²) in [7, 11) is 0. The highest BCUT2D eigenvalue weighted by Gasteiger charge is 2.16. The van der Waals surface area contributed by atoms with Crippen LogP contribution in [0.2, 0.25) is 5.02 Å². The highest BCUT2D eigenvalue weighted by molar-refractivity contribution is 6.31. The quantitative estimate of drug-likeness (QED) is 0.208. The fourth-order valence-corrected chi connectivity index (χ4v) is 3.49. The predicted molar refractivity (Wildman–Crippen MR) is 148 cm³/mol. The lowest BCUT2D eigenvalue weighted by Gasteiger charge is -2.14. The van der Waals surface area contributed by atoms with Crippen LogP contribution in [-0.2, 0) is 16.0 Å². The van der Waals surface area contributed by atoms with Gasteiger partial charge in [-0.1, -0.05) is 25.1 Å². The molecule has 0 saturated heterocycles. The summed E-state index contributed by atoms with van der Waals surface area (Å²) in [6.45, 7) is 6.31. The number of hydrogen-bond acceptors (Lipinski definition) is 8. The molecule has 2 aromatic heterocycles. The minimum atomic E-state index is -0.469. The van der Waals surface area contributed by atoms with Gasteiger partial charge in [-0.15, -0.1) is 0 Å². The number of nitrogens with zero attached hydrogens (tertiary/aromatic N) is 3. The van der Waals surface area contributed by atoms with Crippen molar-refractivity contribution in [2.24, 2.45) is 0 Å². The van der Waals surface area contributed by atoms with Gasteiger partial charge in [0.2, 0.25) is 17.8 Å². The van der Waals surface area contributed by atoms with Crippen LogP contribution in [0.4, 0.5) is 23.1 Å². The van der Waals surface area contributed by atoms with Gasteiger partial charge < -0.3 is 26.6 Å². The van der Waals surface area contributed by atoms with Crippen LogP contribution in [0.3, 0.4) is 0 Å². The van der Waals surface area contributed by atoms with Crippen molar-refractivity contribution >= 4 is 52.5 Å². The molecule has 0 saturated carbocycles. The smallest absolute Gasteiger partial charge is 0.260 e. The predicted octanol–water partition coefficient (Wildman–Crippen LogP) is 3.49. The van der Waals surface area contributed by atoms with E-state index in [1.54, 1.807) is 24.5 Å². The highest BCUT2D eigenvalue weighted by Crippen LogP contribution is 2.24. The first-order valence-electron chi connectivity index (χ1n) is 11.9. The molecular formula is C26H29ClN8O3. The summed E-state index contributed by atoms with van der Waals surface area (Å²) in [5.74, 6) is -0.607. The molecule has 0 aliphatic heterocycles. The number of anilines is 4. The fourth-order valence-electron chi connectivity index (χ4n) is 3.26. The lowest BCUT2D eigenvalue weighted by atomic mass is 10.2. The number of halogens is 1. The van der Waals surface area contributed by atoms with Crippen molar-refractivity contribution in [1.82, 2.24) is 20.3 Å². The van der Waals surface area contributed by atoms with Gasteiger partial charge in [-0.25, -0.2) is 4.98 Å². The van der Waals surface area contributed by atoms with Gasteiger partial charge in [0.05, 0.1) is 6.54 Å². The molecule has 0 aliphatic carbocycles. The fraction of sp³-hybridized carbons (Fsp3) is 0.231. The van der Waals surface area contributed by atoms with Crippen LogP contribution in [0.15, 0.2) is 61.6 Å². The van der Waals surface area contributed by atoms with Crippen LogP contribution in [0.1, 0.15) is 29.3 Å². The third-order valence-corrected chi connectivity index (χ3v) is 5.29. The Kier molecular flexibility index (Phi) is 10.6. The van der Waals surface area contributed by atoms with Crippen LogP contribution >= 0.6 is 11.6 Å². The number of rotatable bonds is 13. The van der Waals surface area contributed by atoms with Crippen molar-refractivity contribution in [3.05, 3.63) is 77.7 Å². The van der Waals surface area contributed by atoms with Crippen molar-refractivity contribution in [3.63, 3.8) is 0 Å². The van der Waals surface area contributed by atoms with E-state index in [4.69, 9.17) is 11.6 Å². The number of amides is 3. The molecule has 0 spiro atoms. The zero-order valence-corrected chi connectivity index (χ0v) is 21.6. The molecule has 0 radical (unpaired) electrons. The molecule has 38 heavy (non-hydrogen) atoms. The molecule has 0 bridgehead atoms. The Labute approximate surface area is 225 Å². The van der Waals surface area contributed by atoms with Gasteiger partial charge in [0.1, 0.15) is 11.4 Å². The first kappa shape index (κ1) is 28.1. The molecule has 3 aromatic rings. The Bertz CT molecular complexity index is 1290. The van der Waals surface area contributed by atoms with Gasteiger partial charge >= 0.3 is 0 Å². The molecule has 2 heterocycles. The van der Waals surface area contributed by atoms with Crippen molar-refractivity contribution in [3.8, 4) is 0 Å². The summed E-state index contributed by atoms with van der Waals surface area (Å²) in [6, 6.07) is 8.50. The summed E-state index contributed by atoms with van der Waals surface area (Å²) in [4.78, 5) is 49.3. The van der Waals surface area contributed by atoms with E-state index < -0.39 is 17.7 Å². The van der Waals surface area contributed by atoms with Gasteiger partial charge in [0.25, 0.3) is 5.91 Å². The maximum absolute atomic E-state index is 13.1. The van der Waals surface area contributed by atoms with Crippen LogP contribution < -0.4 is 26.6 Å². The molecule has 3 amide bonds. The Morgan fingerprint density at radius 3 is 2.47 bits per heavy atom.